The zero-order valence-electron chi connectivity index (χ0n) is 18.7. The highest BCUT2D eigenvalue weighted by molar-refractivity contribution is 9.10. The third kappa shape index (κ3) is 5.64. The van der Waals surface area contributed by atoms with Crippen molar-refractivity contribution in [2.45, 2.75) is 4.34 Å². The molecule has 0 radical (unpaired) electrons. The van der Waals surface area contributed by atoms with E-state index in [1.165, 1.54) is 18.0 Å². The minimum absolute atomic E-state index is 0.179. The number of hydrazone groups is 1. The van der Waals surface area contributed by atoms with Gasteiger partial charge in [-0.15, -0.1) is 11.3 Å². The second-order valence-electron chi connectivity index (χ2n) is 7.63. The van der Waals surface area contributed by atoms with Crippen molar-refractivity contribution in [3.63, 3.8) is 0 Å². The molecule has 9 heteroatoms. The number of thiazole rings is 1. The van der Waals surface area contributed by atoms with Crippen LogP contribution in [0.15, 0.2) is 98.8 Å². The summed E-state index contributed by atoms with van der Waals surface area (Å²) < 4.78 is 8.40. The highest BCUT2D eigenvalue weighted by Gasteiger charge is 2.14. The summed E-state index contributed by atoms with van der Waals surface area (Å²) in [6.45, 7) is 0. The highest BCUT2D eigenvalue weighted by Crippen LogP contribution is 2.29. The summed E-state index contributed by atoms with van der Waals surface area (Å²) in [6, 6.07) is 26.2. The van der Waals surface area contributed by atoms with Gasteiger partial charge in [0.1, 0.15) is 5.75 Å². The van der Waals surface area contributed by atoms with E-state index in [1.807, 2.05) is 60.7 Å². The number of rotatable bonds is 7. The molecular formula is C27H18BrN3O3S2. The zero-order valence-corrected chi connectivity index (χ0v) is 21.9. The van der Waals surface area contributed by atoms with E-state index in [4.69, 9.17) is 4.74 Å². The minimum atomic E-state index is -0.472. The van der Waals surface area contributed by atoms with Crippen LogP contribution in [0, 0.1) is 0 Å². The first-order chi connectivity index (χ1) is 17.6. The Hall–Kier alpha value is -3.53. The van der Waals surface area contributed by atoms with Gasteiger partial charge in [0, 0.05) is 10.0 Å². The van der Waals surface area contributed by atoms with Crippen LogP contribution < -0.4 is 10.2 Å². The summed E-state index contributed by atoms with van der Waals surface area (Å²) in [5.74, 6) is -0.226. The Kier molecular flexibility index (Phi) is 7.41. The largest absolute Gasteiger partial charge is 0.422 e. The number of fused-ring (bicyclic) bond motifs is 2. The number of benzene rings is 4. The highest BCUT2D eigenvalue weighted by atomic mass is 79.9. The lowest BCUT2D eigenvalue weighted by Gasteiger charge is -2.10. The summed E-state index contributed by atoms with van der Waals surface area (Å²) in [6.07, 6.45) is 1.46. The summed E-state index contributed by atoms with van der Waals surface area (Å²) in [5, 5.41) is 5.83. The van der Waals surface area contributed by atoms with E-state index in [0.29, 0.717) is 16.9 Å². The average Bonchev–Trinajstić information content (AvgIpc) is 3.32. The first kappa shape index (κ1) is 24.2. The van der Waals surface area contributed by atoms with Gasteiger partial charge in [-0.1, -0.05) is 76.2 Å². The molecule has 0 fully saturated rings. The van der Waals surface area contributed by atoms with Crippen molar-refractivity contribution in [2.75, 3.05) is 5.75 Å². The number of ether oxygens (including phenoxy) is 1. The first-order valence-corrected chi connectivity index (χ1v) is 13.5. The maximum absolute atomic E-state index is 13.0. The second-order valence-corrected chi connectivity index (χ2v) is 10.8. The van der Waals surface area contributed by atoms with Crippen molar-refractivity contribution in [3.8, 4) is 5.75 Å². The SMILES string of the molecule is O=C(CSc1nc2ccccc2s1)N/N=C\c1cc(Br)ccc1OC(=O)c1cccc2ccccc12. The molecule has 0 spiro atoms. The number of amides is 1. The van der Waals surface area contributed by atoms with E-state index in [0.717, 1.165) is 29.8 Å². The van der Waals surface area contributed by atoms with Crippen molar-refractivity contribution >= 4 is 78.1 Å². The molecule has 0 unspecified atom stereocenters. The monoisotopic (exact) mass is 575 g/mol. The van der Waals surface area contributed by atoms with Crippen molar-refractivity contribution in [2.24, 2.45) is 5.10 Å². The molecule has 0 aliphatic heterocycles. The molecule has 1 N–H and O–H groups in total. The van der Waals surface area contributed by atoms with Crippen molar-refractivity contribution in [3.05, 3.63) is 101 Å². The fraction of sp³-hybridized carbons (Fsp3) is 0.0370. The van der Waals surface area contributed by atoms with Gasteiger partial charge in [0.15, 0.2) is 4.34 Å². The van der Waals surface area contributed by atoms with Gasteiger partial charge in [-0.05, 0) is 47.2 Å². The molecule has 0 saturated heterocycles. The Morgan fingerprint density at radius 2 is 1.83 bits per heavy atom. The number of nitrogens with one attached hydrogen (secondary N) is 1. The third-order valence-corrected chi connectivity index (χ3v) is 7.85. The lowest BCUT2D eigenvalue weighted by atomic mass is 10.0. The van der Waals surface area contributed by atoms with E-state index in [2.05, 4.69) is 31.4 Å². The smallest absolute Gasteiger partial charge is 0.344 e. The van der Waals surface area contributed by atoms with Gasteiger partial charge in [0.05, 0.1) is 27.7 Å². The number of carbonyl (C=O) groups is 2. The molecule has 0 atom stereocenters. The van der Waals surface area contributed by atoms with Gasteiger partial charge in [0.25, 0.3) is 5.91 Å². The molecule has 5 aromatic rings. The van der Waals surface area contributed by atoms with Gasteiger partial charge in [-0.2, -0.15) is 5.10 Å². The Bertz CT molecular complexity index is 1580. The number of carbonyl (C=O) groups excluding carboxylic acids is 2. The molecule has 4 aromatic carbocycles. The number of hydrogen-bond acceptors (Lipinski definition) is 7. The number of halogens is 1. The minimum Gasteiger partial charge on any atom is -0.422 e. The van der Waals surface area contributed by atoms with Crippen LogP contribution >= 0.6 is 39.0 Å². The van der Waals surface area contributed by atoms with Gasteiger partial charge >= 0.3 is 5.97 Å². The number of thioether (sulfide) groups is 1. The molecule has 36 heavy (non-hydrogen) atoms. The topological polar surface area (TPSA) is 80.7 Å². The van der Waals surface area contributed by atoms with Gasteiger partial charge < -0.3 is 4.74 Å². The number of para-hydroxylation sites is 1. The lowest BCUT2D eigenvalue weighted by Crippen LogP contribution is -2.19. The second kappa shape index (κ2) is 11.0. The fourth-order valence-electron chi connectivity index (χ4n) is 3.52. The summed E-state index contributed by atoms with van der Waals surface area (Å²) in [4.78, 5) is 29.8. The third-order valence-electron chi connectivity index (χ3n) is 5.18. The van der Waals surface area contributed by atoms with E-state index in [1.54, 1.807) is 35.6 Å². The summed E-state index contributed by atoms with van der Waals surface area (Å²) in [7, 11) is 0. The number of hydrogen-bond donors (Lipinski definition) is 1. The van der Waals surface area contributed by atoms with E-state index in [-0.39, 0.29) is 11.7 Å². The molecule has 0 saturated carbocycles. The summed E-state index contributed by atoms with van der Waals surface area (Å²) in [5.41, 5.74) is 4.45. The number of esters is 1. The van der Waals surface area contributed by atoms with Crippen LogP contribution in [0.3, 0.4) is 0 Å². The fourth-order valence-corrected chi connectivity index (χ4v) is 5.76. The Morgan fingerprint density at radius 3 is 2.72 bits per heavy atom. The van der Waals surface area contributed by atoms with Crippen molar-refractivity contribution in [1.29, 1.82) is 0 Å². The number of aromatic nitrogens is 1. The molecular weight excluding hydrogens is 558 g/mol. The van der Waals surface area contributed by atoms with Gasteiger partial charge in [-0.25, -0.2) is 15.2 Å². The van der Waals surface area contributed by atoms with E-state index < -0.39 is 5.97 Å². The maximum atomic E-state index is 13.0. The molecule has 0 aliphatic rings. The lowest BCUT2D eigenvalue weighted by molar-refractivity contribution is -0.118. The average molecular weight is 576 g/mol. The van der Waals surface area contributed by atoms with Crippen LogP contribution in [0.25, 0.3) is 21.0 Å². The molecule has 6 nitrogen and oxygen atoms in total. The normalized spacial score (nSPS) is 11.2. The van der Waals surface area contributed by atoms with Crippen LogP contribution in [0.4, 0.5) is 0 Å². The zero-order chi connectivity index (χ0) is 24.9. The Balaban J connectivity index is 1.24. The molecule has 0 bridgehead atoms. The van der Waals surface area contributed by atoms with Crippen molar-refractivity contribution in [1.82, 2.24) is 10.4 Å². The van der Waals surface area contributed by atoms with Crippen LogP contribution in [-0.2, 0) is 4.79 Å². The quantitative estimate of drug-likeness (QED) is 0.0770. The van der Waals surface area contributed by atoms with Gasteiger partial charge in [0.2, 0.25) is 0 Å². The molecule has 5 rings (SSSR count). The van der Waals surface area contributed by atoms with Crippen LogP contribution in [0.5, 0.6) is 5.75 Å². The standard InChI is InChI=1S/C27H18BrN3O3S2/c28-19-12-13-23(34-26(33)21-9-5-7-17-6-1-2-8-20(17)21)18(14-19)15-29-31-25(32)16-35-27-30-22-10-3-4-11-24(22)36-27/h1-15H,16H2,(H,31,32)/b29-15-. The van der Waals surface area contributed by atoms with E-state index >= 15 is 0 Å². The Morgan fingerprint density at radius 1 is 1.03 bits per heavy atom. The van der Waals surface area contributed by atoms with Gasteiger partial charge in [-0.3, -0.25) is 4.79 Å². The Labute approximate surface area is 223 Å². The summed E-state index contributed by atoms with van der Waals surface area (Å²) >= 11 is 6.33. The number of nitrogens with zero attached hydrogens (tertiary/aromatic N) is 2. The molecule has 1 heterocycles. The van der Waals surface area contributed by atoms with Crippen LogP contribution in [-0.4, -0.2) is 28.8 Å². The van der Waals surface area contributed by atoms with E-state index in [9.17, 15) is 9.59 Å². The predicted molar refractivity (Wildman–Crippen MR) is 149 cm³/mol. The molecule has 1 aromatic heterocycles. The molecule has 178 valence electrons. The van der Waals surface area contributed by atoms with Crippen molar-refractivity contribution < 1.29 is 14.3 Å². The maximum Gasteiger partial charge on any atom is 0.344 e. The van der Waals surface area contributed by atoms with Crippen LogP contribution in [0.1, 0.15) is 15.9 Å². The molecule has 0 aliphatic carbocycles. The first-order valence-electron chi connectivity index (χ1n) is 10.9. The molecule has 1 amide bonds. The predicted octanol–water partition coefficient (Wildman–Crippen LogP) is 6.67. The van der Waals surface area contributed by atoms with Crippen LogP contribution in [0.2, 0.25) is 0 Å².